The molecule has 2 aliphatic heterocycles. The Balaban J connectivity index is 1.54. The molecule has 144 valence electrons. The number of aromatic nitrogens is 2. The smallest absolute Gasteiger partial charge is 0.229 e. The minimum absolute atomic E-state index is 0.0897. The van der Waals surface area contributed by atoms with Crippen LogP contribution in [0.25, 0.3) is 0 Å². The van der Waals surface area contributed by atoms with Gasteiger partial charge in [-0.25, -0.2) is 4.39 Å². The van der Waals surface area contributed by atoms with E-state index >= 15 is 0 Å². The summed E-state index contributed by atoms with van der Waals surface area (Å²) in [6.45, 7) is 2.44. The Morgan fingerprint density at radius 1 is 1.22 bits per heavy atom. The average molecular weight is 375 g/mol. The summed E-state index contributed by atoms with van der Waals surface area (Å²) in [6, 6.07) is 6.38. The summed E-state index contributed by atoms with van der Waals surface area (Å²) >= 11 is 0. The molecule has 2 aromatic rings. The largest absolute Gasteiger partial charge is 0.381 e. The van der Waals surface area contributed by atoms with Crippen LogP contribution in [0.3, 0.4) is 0 Å². The Kier molecular flexibility index (Phi) is 5.18. The molecule has 4 rings (SSSR count). The van der Waals surface area contributed by atoms with Crippen molar-refractivity contribution in [2.75, 3.05) is 32.9 Å². The zero-order valence-electron chi connectivity index (χ0n) is 15.0. The predicted molar refractivity (Wildman–Crippen MR) is 92.2 cm³/mol. The van der Waals surface area contributed by atoms with Crippen molar-refractivity contribution in [3.8, 4) is 0 Å². The van der Waals surface area contributed by atoms with E-state index in [4.69, 9.17) is 14.0 Å². The van der Waals surface area contributed by atoms with E-state index in [-0.39, 0.29) is 17.8 Å². The fourth-order valence-corrected chi connectivity index (χ4v) is 3.87. The topological polar surface area (TPSA) is 77.7 Å². The van der Waals surface area contributed by atoms with Crippen molar-refractivity contribution >= 4 is 5.91 Å². The summed E-state index contributed by atoms with van der Waals surface area (Å²) in [5.41, 5.74) is 0.407. The van der Waals surface area contributed by atoms with Crippen molar-refractivity contribution in [3.63, 3.8) is 0 Å². The van der Waals surface area contributed by atoms with Crippen molar-refractivity contribution in [2.24, 2.45) is 5.41 Å². The molecule has 0 spiro atoms. The first-order chi connectivity index (χ1) is 13.2. The van der Waals surface area contributed by atoms with E-state index in [1.807, 2.05) is 4.90 Å². The van der Waals surface area contributed by atoms with Crippen molar-refractivity contribution in [3.05, 3.63) is 47.9 Å². The van der Waals surface area contributed by atoms with E-state index in [2.05, 4.69) is 10.1 Å². The number of hydrogen-bond donors (Lipinski definition) is 0. The maximum absolute atomic E-state index is 13.5. The summed E-state index contributed by atoms with van der Waals surface area (Å²) in [5, 5.41) is 3.83. The van der Waals surface area contributed by atoms with Gasteiger partial charge in [-0.2, -0.15) is 4.98 Å². The van der Waals surface area contributed by atoms with Gasteiger partial charge in [0.05, 0.1) is 18.6 Å². The lowest BCUT2D eigenvalue weighted by Crippen LogP contribution is -2.52. The van der Waals surface area contributed by atoms with Gasteiger partial charge in [-0.05, 0) is 37.0 Å². The van der Waals surface area contributed by atoms with Crippen LogP contribution in [0.4, 0.5) is 4.39 Å². The number of halogens is 1. The molecule has 1 atom stereocenters. The van der Waals surface area contributed by atoms with Crippen molar-refractivity contribution < 1.29 is 23.2 Å². The fourth-order valence-electron chi connectivity index (χ4n) is 3.87. The number of rotatable bonds is 4. The average Bonchev–Trinajstić information content (AvgIpc) is 3.25. The van der Waals surface area contributed by atoms with Gasteiger partial charge in [0.25, 0.3) is 0 Å². The molecule has 1 aromatic heterocycles. The highest BCUT2D eigenvalue weighted by molar-refractivity contribution is 5.83. The summed E-state index contributed by atoms with van der Waals surface area (Å²) < 4.78 is 29.3. The van der Waals surface area contributed by atoms with Crippen LogP contribution in [0.2, 0.25) is 0 Å². The Morgan fingerprint density at radius 3 is 2.70 bits per heavy atom. The summed E-state index contributed by atoms with van der Waals surface area (Å²) in [4.78, 5) is 19.4. The Hall–Kier alpha value is -2.32. The lowest BCUT2D eigenvalue weighted by Gasteiger charge is -2.42. The number of ether oxygens (including phenoxy) is 2. The monoisotopic (exact) mass is 375 g/mol. The second-order valence-corrected chi connectivity index (χ2v) is 7.10. The van der Waals surface area contributed by atoms with E-state index in [0.29, 0.717) is 58.0 Å². The third-order valence-electron chi connectivity index (χ3n) is 5.38. The van der Waals surface area contributed by atoms with Gasteiger partial charge in [-0.15, -0.1) is 0 Å². The lowest BCUT2D eigenvalue weighted by atomic mass is 9.74. The van der Waals surface area contributed by atoms with Crippen molar-refractivity contribution in [1.29, 1.82) is 0 Å². The molecular weight excluding hydrogens is 353 g/mol. The molecule has 0 saturated carbocycles. The van der Waals surface area contributed by atoms with Gasteiger partial charge in [0, 0.05) is 19.8 Å². The first-order valence-electron chi connectivity index (χ1n) is 9.16. The van der Waals surface area contributed by atoms with E-state index in [9.17, 15) is 9.18 Å². The van der Waals surface area contributed by atoms with Crippen LogP contribution < -0.4 is 0 Å². The quantitative estimate of drug-likeness (QED) is 0.815. The highest BCUT2D eigenvalue weighted by Gasteiger charge is 2.44. The zero-order valence-corrected chi connectivity index (χ0v) is 15.0. The second-order valence-electron chi connectivity index (χ2n) is 7.10. The molecule has 2 fully saturated rings. The molecule has 1 unspecified atom stereocenters. The van der Waals surface area contributed by atoms with Gasteiger partial charge in [0.15, 0.2) is 0 Å². The number of benzene rings is 1. The molecule has 2 saturated heterocycles. The van der Waals surface area contributed by atoms with Crippen LogP contribution in [0, 0.1) is 11.2 Å². The fraction of sp³-hybridized carbons (Fsp3) is 0.526. The number of carbonyl (C=O) groups excluding carboxylic acids is 1. The summed E-state index contributed by atoms with van der Waals surface area (Å²) in [7, 11) is 0. The molecule has 0 bridgehead atoms. The minimum Gasteiger partial charge on any atom is -0.381 e. The van der Waals surface area contributed by atoms with Gasteiger partial charge in [0.2, 0.25) is 18.1 Å². The third-order valence-corrected chi connectivity index (χ3v) is 5.38. The standard InChI is InChI=1S/C19H22FN3O4/c20-15-3-1-14(2-4-15)11-19(5-8-25-9-6-19)18(24)23-7-10-26-16(12-23)17-21-13-27-22-17/h1-4,13,16H,5-12H2. The lowest BCUT2D eigenvalue weighted by molar-refractivity contribution is -0.156. The van der Waals surface area contributed by atoms with E-state index in [0.717, 1.165) is 5.56 Å². The third kappa shape index (κ3) is 3.86. The van der Waals surface area contributed by atoms with Crippen LogP contribution in [0.1, 0.15) is 30.3 Å². The van der Waals surface area contributed by atoms with Crippen LogP contribution >= 0.6 is 0 Å². The van der Waals surface area contributed by atoms with Gasteiger partial charge in [-0.3, -0.25) is 4.79 Å². The Bertz CT molecular complexity index is 760. The first-order valence-corrected chi connectivity index (χ1v) is 9.16. The highest BCUT2D eigenvalue weighted by atomic mass is 19.1. The molecule has 0 radical (unpaired) electrons. The first kappa shape index (κ1) is 18.1. The molecule has 8 heteroatoms. The molecule has 0 N–H and O–H groups in total. The number of amides is 1. The molecule has 1 aromatic carbocycles. The molecular formula is C19H22FN3O4. The maximum atomic E-state index is 13.5. The van der Waals surface area contributed by atoms with Gasteiger partial charge in [0.1, 0.15) is 11.9 Å². The van der Waals surface area contributed by atoms with E-state index in [1.54, 1.807) is 12.1 Å². The molecule has 0 aliphatic carbocycles. The number of nitrogens with zero attached hydrogens (tertiary/aromatic N) is 3. The van der Waals surface area contributed by atoms with E-state index in [1.165, 1.54) is 18.5 Å². The molecule has 2 aliphatic rings. The van der Waals surface area contributed by atoms with Crippen molar-refractivity contribution in [1.82, 2.24) is 15.0 Å². The Labute approximate surface area is 156 Å². The van der Waals surface area contributed by atoms with Crippen LogP contribution in [-0.4, -0.2) is 53.9 Å². The summed E-state index contributed by atoms with van der Waals surface area (Å²) in [6.07, 6.45) is 2.73. The number of hydrogen-bond acceptors (Lipinski definition) is 6. The second kappa shape index (κ2) is 7.74. The predicted octanol–water partition coefficient (Wildman–Crippen LogP) is 2.15. The minimum atomic E-state index is -0.546. The van der Waals surface area contributed by atoms with Gasteiger partial charge < -0.3 is 18.9 Å². The van der Waals surface area contributed by atoms with E-state index < -0.39 is 5.41 Å². The molecule has 7 nitrogen and oxygen atoms in total. The molecule has 1 amide bonds. The Morgan fingerprint density at radius 2 is 2.00 bits per heavy atom. The maximum Gasteiger partial charge on any atom is 0.229 e. The van der Waals surface area contributed by atoms with Crippen molar-refractivity contribution in [2.45, 2.75) is 25.4 Å². The zero-order chi connectivity index (χ0) is 18.7. The van der Waals surface area contributed by atoms with Crippen LogP contribution in [0.15, 0.2) is 35.2 Å². The normalized spacial score (nSPS) is 22.6. The van der Waals surface area contributed by atoms with Gasteiger partial charge in [-0.1, -0.05) is 17.3 Å². The van der Waals surface area contributed by atoms with Gasteiger partial charge >= 0.3 is 0 Å². The number of morpholine rings is 1. The summed E-state index contributed by atoms with van der Waals surface area (Å²) in [5.74, 6) is 0.265. The van der Waals surface area contributed by atoms with Crippen LogP contribution in [-0.2, 0) is 20.7 Å². The highest BCUT2D eigenvalue weighted by Crippen LogP contribution is 2.37. The number of carbonyl (C=O) groups is 1. The molecule has 27 heavy (non-hydrogen) atoms. The van der Waals surface area contributed by atoms with Crippen LogP contribution in [0.5, 0.6) is 0 Å². The SMILES string of the molecule is O=C(N1CCOC(c2ncon2)C1)C1(Cc2ccc(F)cc2)CCOCC1. The molecule has 3 heterocycles.